The van der Waals surface area contributed by atoms with Gasteiger partial charge < -0.3 is 10.6 Å². The molecule has 0 spiro atoms. The number of amides is 1. The van der Waals surface area contributed by atoms with Crippen molar-refractivity contribution >= 4 is 5.91 Å². The van der Waals surface area contributed by atoms with Crippen molar-refractivity contribution in [3.63, 3.8) is 0 Å². The van der Waals surface area contributed by atoms with E-state index < -0.39 is 0 Å². The van der Waals surface area contributed by atoms with Crippen molar-refractivity contribution < 1.29 is 4.79 Å². The largest absolute Gasteiger partial charge is 0.334 e. The summed E-state index contributed by atoms with van der Waals surface area (Å²) in [4.78, 5) is 18.4. The third kappa shape index (κ3) is 5.83. The number of carbonyl (C=O) groups excluding carboxylic acids is 1. The molecule has 1 atom stereocenters. The number of nitrogens with zero attached hydrogens (tertiary/aromatic N) is 2. The van der Waals surface area contributed by atoms with E-state index in [1.165, 1.54) is 0 Å². The van der Waals surface area contributed by atoms with Crippen LogP contribution in [0.25, 0.3) is 0 Å². The van der Waals surface area contributed by atoms with Crippen LogP contribution in [-0.4, -0.2) is 27.9 Å². The van der Waals surface area contributed by atoms with Gasteiger partial charge in [0.15, 0.2) is 0 Å². The highest BCUT2D eigenvalue weighted by molar-refractivity contribution is 5.76. The van der Waals surface area contributed by atoms with E-state index in [0.29, 0.717) is 13.0 Å². The highest BCUT2D eigenvalue weighted by atomic mass is 16.2. The molecule has 0 radical (unpaired) electrons. The minimum absolute atomic E-state index is 0.163. The standard InChI is InChI=1S/C15H25N3O/c1-12(2)18(11-14-8-4-5-10-17-14)15(19)9-6-7-13(3)16/h4-5,8,10,12-13H,6-7,9,11,16H2,1-3H3. The molecule has 0 saturated carbocycles. The van der Waals surface area contributed by atoms with Gasteiger partial charge in [-0.1, -0.05) is 6.07 Å². The van der Waals surface area contributed by atoms with Crippen LogP contribution in [0.5, 0.6) is 0 Å². The van der Waals surface area contributed by atoms with Crippen molar-refractivity contribution in [2.24, 2.45) is 5.73 Å². The van der Waals surface area contributed by atoms with Crippen LogP contribution in [0.15, 0.2) is 24.4 Å². The summed E-state index contributed by atoms with van der Waals surface area (Å²) in [5, 5.41) is 0. The minimum atomic E-state index is 0.163. The molecule has 19 heavy (non-hydrogen) atoms. The Labute approximate surface area is 116 Å². The molecule has 4 nitrogen and oxygen atoms in total. The summed E-state index contributed by atoms with van der Waals surface area (Å²) in [7, 11) is 0. The first-order valence-electron chi connectivity index (χ1n) is 6.95. The zero-order valence-electron chi connectivity index (χ0n) is 12.2. The smallest absolute Gasteiger partial charge is 0.223 e. The molecule has 0 bridgehead atoms. The molecule has 1 amide bonds. The quantitative estimate of drug-likeness (QED) is 0.821. The van der Waals surface area contributed by atoms with Crippen LogP contribution in [0.1, 0.15) is 45.7 Å². The topological polar surface area (TPSA) is 59.2 Å². The van der Waals surface area contributed by atoms with Crippen molar-refractivity contribution in [1.29, 1.82) is 0 Å². The van der Waals surface area contributed by atoms with Gasteiger partial charge in [0.25, 0.3) is 0 Å². The van der Waals surface area contributed by atoms with Crippen LogP contribution in [0.3, 0.4) is 0 Å². The van der Waals surface area contributed by atoms with E-state index in [1.807, 2.05) is 43.9 Å². The predicted molar refractivity (Wildman–Crippen MR) is 77.4 cm³/mol. The van der Waals surface area contributed by atoms with Gasteiger partial charge >= 0.3 is 0 Å². The Morgan fingerprint density at radius 1 is 1.37 bits per heavy atom. The van der Waals surface area contributed by atoms with Gasteiger partial charge in [-0.05, 0) is 45.7 Å². The Bertz CT molecular complexity index is 376. The van der Waals surface area contributed by atoms with E-state index in [4.69, 9.17) is 5.73 Å². The SMILES string of the molecule is CC(N)CCCC(=O)N(Cc1ccccn1)C(C)C. The van der Waals surface area contributed by atoms with Gasteiger partial charge in [-0.25, -0.2) is 0 Å². The van der Waals surface area contributed by atoms with E-state index >= 15 is 0 Å². The van der Waals surface area contributed by atoms with Crippen molar-refractivity contribution in [2.75, 3.05) is 0 Å². The van der Waals surface area contributed by atoms with Gasteiger partial charge in [0.1, 0.15) is 0 Å². The summed E-state index contributed by atoms with van der Waals surface area (Å²) in [5.41, 5.74) is 6.63. The van der Waals surface area contributed by atoms with E-state index in [-0.39, 0.29) is 18.0 Å². The fourth-order valence-corrected chi connectivity index (χ4v) is 1.94. The second-order valence-electron chi connectivity index (χ2n) is 5.31. The molecule has 1 unspecified atom stereocenters. The van der Waals surface area contributed by atoms with Gasteiger partial charge in [0.2, 0.25) is 5.91 Å². The number of nitrogens with two attached hydrogens (primary N) is 1. The minimum Gasteiger partial charge on any atom is -0.334 e. The summed E-state index contributed by atoms with van der Waals surface area (Å²) >= 11 is 0. The van der Waals surface area contributed by atoms with Crippen LogP contribution < -0.4 is 5.73 Å². The lowest BCUT2D eigenvalue weighted by Crippen LogP contribution is -2.36. The summed E-state index contributed by atoms with van der Waals surface area (Å²) in [6.45, 7) is 6.62. The molecule has 0 aromatic carbocycles. The van der Waals surface area contributed by atoms with Gasteiger partial charge in [0.05, 0.1) is 12.2 Å². The molecule has 106 valence electrons. The van der Waals surface area contributed by atoms with Gasteiger partial charge in [0, 0.05) is 24.7 Å². The Morgan fingerprint density at radius 2 is 2.11 bits per heavy atom. The van der Waals surface area contributed by atoms with Crippen LogP contribution in [0.4, 0.5) is 0 Å². The molecule has 1 aromatic rings. The normalized spacial score (nSPS) is 12.5. The van der Waals surface area contributed by atoms with Crippen LogP contribution in [-0.2, 0) is 11.3 Å². The van der Waals surface area contributed by atoms with E-state index in [9.17, 15) is 4.79 Å². The average Bonchev–Trinajstić information content (AvgIpc) is 2.36. The maximum atomic E-state index is 12.2. The zero-order chi connectivity index (χ0) is 14.3. The predicted octanol–water partition coefficient (Wildman–Crippen LogP) is 2.34. The summed E-state index contributed by atoms with van der Waals surface area (Å²) in [6.07, 6.45) is 4.06. The highest BCUT2D eigenvalue weighted by Crippen LogP contribution is 2.10. The number of pyridine rings is 1. The third-order valence-electron chi connectivity index (χ3n) is 3.05. The second-order valence-corrected chi connectivity index (χ2v) is 5.31. The lowest BCUT2D eigenvalue weighted by Gasteiger charge is -2.26. The molecule has 4 heteroatoms. The number of aromatic nitrogens is 1. The van der Waals surface area contributed by atoms with Crippen molar-refractivity contribution in [3.8, 4) is 0 Å². The molecular formula is C15H25N3O. The van der Waals surface area contributed by atoms with Crippen LogP contribution in [0.2, 0.25) is 0 Å². The molecular weight excluding hydrogens is 238 g/mol. The molecule has 0 aliphatic carbocycles. The van der Waals surface area contributed by atoms with Gasteiger partial charge in [-0.3, -0.25) is 9.78 Å². The Morgan fingerprint density at radius 3 is 2.63 bits per heavy atom. The van der Waals surface area contributed by atoms with Crippen molar-refractivity contribution in [2.45, 2.75) is 58.7 Å². The first-order valence-corrected chi connectivity index (χ1v) is 6.95. The highest BCUT2D eigenvalue weighted by Gasteiger charge is 2.17. The fraction of sp³-hybridized carbons (Fsp3) is 0.600. The van der Waals surface area contributed by atoms with Crippen molar-refractivity contribution in [3.05, 3.63) is 30.1 Å². The molecule has 0 fully saturated rings. The maximum Gasteiger partial charge on any atom is 0.223 e. The van der Waals surface area contributed by atoms with Crippen LogP contribution >= 0.6 is 0 Å². The van der Waals surface area contributed by atoms with E-state index in [1.54, 1.807) is 6.20 Å². The Hall–Kier alpha value is -1.42. The maximum absolute atomic E-state index is 12.2. The first-order chi connectivity index (χ1) is 9.00. The third-order valence-corrected chi connectivity index (χ3v) is 3.05. The van der Waals surface area contributed by atoms with E-state index in [0.717, 1.165) is 18.5 Å². The monoisotopic (exact) mass is 263 g/mol. The lowest BCUT2D eigenvalue weighted by molar-refractivity contribution is -0.133. The van der Waals surface area contributed by atoms with Gasteiger partial charge in [-0.2, -0.15) is 0 Å². The molecule has 1 aromatic heterocycles. The molecule has 0 aliphatic rings. The summed E-state index contributed by atoms with van der Waals surface area (Å²) < 4.78 is 0. The summed E-state index contributed by atoms with van der Waals surface area (Å²) in [6, 6.07) is 6.13. The second kappa shape index (κ2) is 7.89. The number of carbonyl (C=O) groups is 1. The number of rotatable bonds is 7. The lowest BCUT2D eigenvalue weighted by atomic mass is 10.1. The molecule has 0 saturated heterocycles. The average molecular weight is 263 g/mol. The number of hydrogen-bond donors (Lipinski definition) is 1. The fourth-order valence-electron chi connectivity index (χ4n) is 1.94. The molecule has 1 heterocycles. The zero-order valence-corrected chi connectivity index (χ0v) is 12.2. The Kier molecular flexibility index (Phi) is 6.50. The van der Waals surface area contributed by atoms with E-state index in [2.05, 4.69) is 4.98 Å². The molecule has 2 N–H and O–H groups in total. The first kappa shape index (κ1) is 15.6. The molecule has 1 rings (SSSR count). The number of hydrogen-bond acceptors (Lipinski definition) is 3. The van der Waals surface area contributed by atoms with Crippen LogP contribution in [0, 0.1) is 0 Å². The molecule has 0 aliphatic heterocycles. The summed E-state index contributed by atoms with van der Waals surface area (Å²) in [5.74, 6) is 0.182. The Balaban J connectivity index is 2.55. The van der Waals surface area contributed by atoms with Crippen molar-refractivity contribution in [1.82, 2.24) is 9.88 Å². The van der Waals surface area contributed by atoms with Gasteiger partial charge in [-0.15, -0.1) is 0 Å².